The second-order valence-electron chi connectivity index (χ2n) is 4.04. The van der Waals surface area contributed by atoms with Crippen LogP contribution in [0.1, 0.15) is 26.2 Å². The van der Waals surface area contributed by atoms with Crippen LogP contribution in [0, 0.1) is 5.92 Å². The van der Waals surface area contributed by atoms with Gasteiger partial charge in [0.15, 0.2) is 0 Å². The van der Waals surface area contributed by atoms with E-state index in [0.717, 1.165) is 6.42 Å². The van der Waals surface area contributed by atoms with E-state index >= 15 is 0 Å². The first kappa shape index (κ1) is 13.0. The van der Waals surface area contributed by atoms with E-state index in [1.54, 1.807) is 0 Å². The topological polar surface area (TPSA) is 66.8 Å². The van der Waals surface area contributed by atoms with Gasteiger partial charge in [0.05, 0.1) is 0 Å². The minimum absolute atomic E-state index is 0.0347. The lowest BCUT2D eigenvalue weighted by atomic mass is 9.98. The Kier molecular flexibility index (Phi) is 5.25. The Balaban J connectivity index is 2.54. The smallest absolute Gasteiger partial charge is 0.323 e. The highest BCUT2D eigenvalue weighted by Gasteiger charge is 2.26. The molecule has 5 nitrogen and oxygen atoms in total. The summed E-state index contributed by atoms with van der Waals surface area (Å²) in [5.74, 6) is -1.04. The van der Waals surface area contributed by atoms with Crippen molar-refractivity contribution in [1.82, 2.24) is 4.90 Å². The fourth-order valence-corrected chi connectivity index (χ4v) is 1.90. The Bertz CT molecular complexity index is 248. The van der Waals surface area contributed by atoms with Crippen molar-refractivity contribution < 1.29 is 19.4 Å². The van der Waals surface area contributed by atoms with Gasteiger partial charge < -0.3 is 14.7 Å². The minimum Gasteiger partial charge on any atom is -0.480 e. The summed E-state index contributed by atoms with van der Waals surface area (Å²) in [6.07, 6.45) is 2.19. The summed E-state index contributed by atoms with van der Waals surface area (Å²) in [5, 5.41) is 8.74. The van der Waals surface area contributed by atoms with E-state index in [1.807, 2.05) is 6.92 Å². The SMILES string of the molecule is CCCN(CC(=O)O)C(=O)C1CCOCC1. The molecule has 0 aromatic rings. The molecule has 0 aromatic carbocycles. The van der Waals surface area contributed by atoms with Crippen molar-refractivity contribution in [2.45, 2.75) is 26.2 Å². The summed E-state index contributed by atoms with van der Waals surface area (Å²) in [4.78, 5) is 24.1. The van der Waals surface area contributed by atoms with Crippen LogP contribution in [0.2, 0.25) is 0 Å². The van der Waals surface area contributed by atoms with Crippen LogP contribution in [-0.2, 0) is 14.3 Å². The number of rotatable bonds is 5. The molecule has 1 rings (SSSR count). The van der Waals surface area contributed by atoms with E-state index in [0.29, 0.717) is 32.6 Å². The highest BCUT2D eigenvalue weighted by Crippen LogP contribution is 2.17. The molecular formula is C11H19NO4. The van der Waals surface area contributed by atoms with E-state index in [9.17, 15) is 9.59 Å². The molecule has 92 valence electrons. The maximum Gasteiger partial charge on any atom is 0.323 e. The Hall–Kier alpha value is -1.10. The first-order chi connectivity index (χ1) is 7.65. The first-order valence-corrected chi connectivity index (χ1v) is 5.73. The van der Waals surface area contributed by atoms with E-state index in [2.05, 4.69) is 0 Å². The number of carboxylic acid groups (broad SMARTS) is 1. The molecule has 5 heteroatoms. The third-order valence-corrected chi connectivity index (χ3v) is 2.70. The van der Waals surface area contributed by atoms with Crippen LogP contribution < -0.4 is 0 Å². The summed E-state index contributed by atoms with van der Waals surface area (Å²) >= 11 is 0. The van der Waals surface area contributed by atoms with Crippen LogP contribution in [0.4, 0.5) is 0 Å². The van der Waals surface area contributed by atoms with Crippen molar-refractivity contribution >= 4 is 11.9 Å². The van der Waals surface area contributed by atoms with Crippen LogP contribution in [0.3, 0.4) is 0 Å². The second kappa shape index (κ2) is 6.48. The van der Waals surface area contributed by atoms with Crippen LogP contribution in [0.5, 0.6) is 0 Å². The summed E-state index contributed by atoms with van der Waals surface area (Å²) in [6.45, 7) is 3.46. The maximum absolute atomic E-state index is 12.0. The molecule has 0 saturated carbocycles. The fraction of sp³-hybridized carbons (Fsp3) is 0.818. The van der Waals surface area contributed by atoms with Gasteiger partial charge in [-0.25, -0.2) is 0 Å². The third-order valence-electron chi connectivity index (χ3n) is 2.70. The van der Waals surface area contributed by atoms with Crippen LogP contribution >= 0.6 is 0 Å². The number of carboxylic acids is 1. The Morgan fingerprint density at radius 2 is 2.00 bits per heavy atom. The van der Waals surface area contributed by atoms with Gasteiger partial charge in [-0.15, -0.1) is 0 Å². The molecule has 1 aliphatic rings. The van der Waals surface area contributed by atoms with Gasteiger partial charge in [-0.05, 0) is 19.3 Å². The lowest BCUT2D eigenvalue weighted by Crippen LogP contribution is -2.41. The summed E-state index contributed by atoms with van der Waals surface area (Å²) in [5.41, 5.74) is 0. The average Bonchev–Trinajstić information content (AvgIpc) is 2.28. The largest absolute Gasteiger partial charge is 0.480 e. The zero-order valence-electron chi connectivity index (χ0n) is 9.65. The monoisotopic (exact) mass is 229 g/mol. The highest BCUT2D eigenvalue weighted by molar-refractivity contribution is 5.83. The van der Waals surface area contributed by atoms with E-state index < -0.39 is 5.97 Å². The van der Waals surface area contributed by atoms with Crippen molar-refractivity contribution in [2.75, 3.05) is 26.3 Å². The summed E-state index contributed by atoms with van der Waals surface area (Å²) < 4.78 is 5.18. The van der Waals surface area contributed by atoms with Crippen molar-refractivity contribution in [1.29, 1.82) is 0 Å². The normalized spacial score (nSPS) is 17.1. The predicted octanol–water partition coefficient (Wildman–Crippen LogP) is 0.736. The molecule has 1 saturated heterocycles. The fourth-order valence-electron chi connectivity index (χ4n) is 1.90. The molecule has 0 radical (unpaired) electrons. The van der Waals surface area contributed by atoms with Gasteiger partial charge in [-0.1, -0.05) is 6.92 Å². The Morgan fingerprint density at radius 3 is 2.50 bits per heavy atom. The number of aliphatic carboxylic acids is 1. The molecule has 1 heterocycles. The van der Waals surface area contributed by atoms with Gasteiger partial charge in [0, 0.05) is 25.7 Å². The molecule has 0 atom stereocenters. The molecule has 16 heavy (non-hydrogen) atoms. The molecule has 1 aliphatic heterocycles. The number of carbonyl (C=O) groups excluding carboxylic acids is 1. The zero-order valence-corrected chi connectivity index (χ0v) is 9.65. The molecule has 0 bridgehead atoms. The van der Waals surface area contributed by atoms with Crippen molar-refractivity contribution in [3.8, 4) is 0 Å². The first-order valence-electron chi connectivity index (χ1n) is 5.73. The van der Waals surface area contributed by atoms with Gasteiger partial charge >= 0.3 is 5.97 Å². The number of amides is 1. The molecule has 1 fully saturated rings. The quantitative estimate of drug-likeness (QED) is 0.755. The summed E-state index contributed by atoms with van der Waals surface area (Å²) in [6, 6.07) is 0. The highest BCUT2D eigenvalue weighted by atomic mass is 16.5. The van der Waals surface area contributed by atoms with Crippen molar-refractivity contribution in [2.24, 2.45) is 5.92 Å². The van der Waals surface area contributed by atoms with Crippen LogP contribution in [-0.4, -0.2) is 48.2 Å². The number of hydrogen-bond acceptors (Lipinski definition) is 3. The van der Waals surface area contributed by atoms with Crippen molar-refractivity contribution in [3.63, 3.8) is 0 Å². The molecule has 1 N–H and O–H groups in total. The minimum atomic E-state index is -0.950. The van der Waals surface area contributed by atoms with Gasteiger partial charge in [-0.3, -0.25) is 9.59 Å². The lowest BCUT2D eigenvalue weighted by Gasteiger charge is -2.28. The molecule has 0 aromatic heterocycles. The average molecular weight is 229 g/mol. The van der Waals surface area contributed by atoms with Crippen molar-refractivity contribution in [3.05, 3.63) is 0 Å². The van der Waals surface area contributed by atoms with Crippen LogP contribution in [0.15, 0.2) is 0 Å². The molecule has 0 aliphatic carbocycles. The number of nitrogens with zero attached hydrogens (tertiary/aromatic N) is 1. The predicted molar refractivity (Wildman–Crippen MR) is 58.0 cm³/mol. The molecular weight excluding hydrogens is 210 g/mol. The molecule has 0 unspecified atom stereocenters. The standard InChI is InChI=1S/C11H19NO4/c1-2-5-12(8-10(13)14)11(15)9-3-6-16-7-4-9/h9H,2-8H2,1H3,(H,13,14). The van der Waals surface area contributed by atoms with E-state index in [1.165, 1.54) is 4.90 Å². The third kappa shape index (κ3) is 3.81. The van der Waals surface area contributed by atoms with Gasteiger partial charge in [-0.2, -0.15) is 0 Å². The van der Waals surface area contributed by atoms with E-state index in [4.69, 9.17) is 9.84 Å². The van der Waals surface area contributed by atoms with Crippen LogP contribution in [0.25, 0.3) is 0 Å². The van der Waals surface area contributed by atoms with Gasteiger partial charge in [0.1, 0.15) is 6.54 Å². The van der Waals surface area contributed by atoms with E-state index in [-0.39, 0.29) is 18.4 Å². The number of hydrogen-bond donors (Lipinski definition) is 1. The molecule has 1 amide bonds. The Morgan fingerprint density at radius 1 is 1.38 bits per heavy atom. The molecule has 0 spiro atoms. The Labute approximate surface area is 95.4 Å². The van der Waals surface area contributed by atoms with Gasteiger partial charge in [0.25, 0.3) is 0 Å². The number of ether oxygens (including phenoxy) is 1. The number of carbonyl (C=O) groups is 2. The lowest BCUT2D eigenvalue weighted by molar-refractivity contribution is -0.147. The summed E-state index contributed by atoms with van der Waals surface area (Å²) in [7, 11) is 0. The maximum atomic E-state index is 12.0. The zero-order chi connectivity index (χ0) is 12.0. The second-order valence-corrected chi connectivity index (χ2v) is 4.04. The van der Waals surface area contributed by atoms with Gasteiger partial charge in [0.2, 0.25) is 5.91 Å².